The summed E-state index contributed by atoms with van der Waals surface area (Å²) in [5, 5.41) is 21.2. The van der Waals surface area contributed by atoms with Crippen molar-refractivity contribution in [3.05, 3.63) is 158 Å². The van der Waals surface area contributed by atoms with Gasteiger partial charge in [-0.05, 0) is 114 Å². The SMILES string of the molecule is c1ccc(-c2c3cc4c5ccccc5c5cccc(c3c(-c3cccc6ccccc36)c3c6cccc7cccc(c23)c76)c54)cc1. The summed E-state index contributed by atoms with van der Waals surface area (Å²) >= 11 is 0. The Morgan fingerprint density at radius 2 is 0.761 bits per heavy atom. The molecule has 0 aliphatic rings. The molecule has 0 unspecified atom stereocenters. The molecule has 0 N–H and O–H groups in total. The lowest BCUT2D eigenvalue weighted by atomic mass is 9.83. The van der Waals surface area contributed by atoms with Crippen LogP contribution < -0.4 is 0 Å². The number of fused-ring (bicyclic) bond motifs is 9. The molecule has 11 aromatic carbocycles. The minimum absolute atomic E-state index is 1.26. The molecule has 0 amide bonds. The van der Waals surface area contributed by atoms with Gasteiger partial charge in [0.2, 0.25) is 0 Å². The van der Waals surface area contributed by atoms with Crippen molar-refractivity contribution in [1.82, 2.24) is 0 Å². The summed E-state index contributed by atoms with van der Waals surface area (Å²) in [5.41, 5.74) is 5.21. The summed E-state index contributed by atoms with van der Waals surface area (Å²) < 4.78 is 0. The Morgan fingerprint density at radius 3 is 1.54 bits per heavy atom. The number of benzene rings is 9. The van der Waals surface area contributed by atoms with E-state index in [9.17, 15) is 0 Å². The van der Waals surface area contributed by atoms with Gasteiger partial charge in [0, 0.05) is 0 Å². The monoisotopic (exact) mass is 578 g/mol. The standard InChI is InChI=1S/C46H26/c1-2-13-29(14-3-1)41-39-26-38-32-20-7-6-19-31(32)34-22-11-25-37(42(34)38)43(39)44(33-21-8-15-27-12-4-5-18-30(27)33)46-36-24-10-17-28-16-9-23-35(40(28)36)45(41)46/h1-26H. The van der Waals surface area contributed by atoms with E-state index in [4.69, 9.17) is 0 Å². The van der Waals surface area contributed by atoms with Crippen molar-refractivity contribution >= 4 is 86.2 Å². The summed E-state index contributed by atoms with van der Waals surface area (Å²) in [6.45, 7) is 0. The van der Waals surface area contributed by atoms with Crippen LogP contribution in [0.15, 0.2) is 158 Å². The second-order valence-electron chi connectivity index (χ2n) is 12.7. The molecular formula is C46H26. The van der Waals surface area contributed by atoms with Gasteiger partial charge in [0.15, 0.2) is 0 Å². The first-order chi connectivity index (χ1) is 22.9. The van der Waals surface area contributed by atoms with Crippen molar-refractivity contribution < 1.29 is 0 Å². The van der Waals surface area contributed by atoms with Gasteiger partial charge in [0.05, 0.1) is 0 Å². The first kappa shape index (κ1) is 24.4. The van der Waals surface area contributed by atoms with Crippen molar-refractivity contribution in [1.29, 1.82) is 0 Å². The smallest absolute Gasteiger partial charge is 0.000697 e. The van der Waals surface area contributed by atoms with Crippen LogP contribution in [0.2, 0.25) is 0 Å². The van der Waals surface area contributed by atoms with Crippen LogP contribution in [0.25, 0.3) is 108 Å². The molecule has 0 fully saturated rings. The molecule has 210 valence electrons. The molecule has 0 bridgehead atoms. The van der Waals surface area contributed by atoms with Crippen molar-refractivity contribution in [3.63, 3.8) is 0 Å². The fourth-order valence-electron chi connectivity index (χ4n) is 8.76. The van der Waals surface area contributed by atoms with E-state index in [1.807, 2.05) is 0 Å². The third-order valence-electron chi connectivity index (χ3n) is 10.5. The zero-order valence-electron chi connectivity index (χ0n) is 25.0. The maximum atomic E-state index is 2.52. The van der Waals surface area contributed by atoms with Crippen LogP contribution in [0.5, 0.6) is 0 Å². The Labute approximate surface area is 265 Å². The third kappa shape index (κ3) is 2.99. The van der Waals surface area contributed by atoms with E-state index in [1.165, 1.54) is 108 Å². The van der Waals surface area contributed by atoms with E-state index in [-0.39, 0.29) is 0 Å². The summed E-state index contributed by atoms with van der Waals surface area (Å²) in [6.07, 6.45) is 0. The van der Waals surface area contributed by atoms with Crippen LogP contribution in [0.4, 0.5) is 0 Å². The molecule has 0 spiro atoms. The molecule has 0 aliphatic heterocycles. The molecule has 0 aliphatic carbocycles. The summed E-state index contributed by atoms with van der Waals surface area (Å²) in [7, 11) is 0. The van der Waals surface area contributed by atoms with E-state index in [2.05, 4.69) is 158 Å². The second kappa shape index (κ2) is 8.81. The maximum Gasteiger partial charge on any atom is -0.000697 e. The number of rotatable bonds is 2. The lowest BCUT2D eigenvalue weighted by Gasteiger charge is -2.20. The van der Waals surface area contributed by atoms with E-state index < -0.39 is 0 Å². The molecule has 0 aromatic heterocycles. The average molecular weight is 579 g/mol. The fourth-order valence-corrected chi connectivity index (χ4v) is 8.76. The minimum atomic E-state index is 1.26. The quantitative estimate of drug-likeness (QED) is 0.179. The summed E-state index contributed by atoms with van der Waals surface area (Å²) in [6, 6.07) is 58.9. The summed E-state index contributed by atoms with van der Waals surface area (Å²) in [4.78, 5) is 0. The number of hydrogen-bond donors (Lipinski definition) is 0. The Bertz CT molecular complexity index is 2990. The molecule has 0 nitrogen and oxygen atoms in total. The second-order valence-corrected chi connectivity index (χ2v) is 12.7. The maximum absolute atomic E-state index is 2.52. The van der Waals surface area contributed by atoms with Crippen molar-refractivity contribution in [2.45, 2.75) is 0 Å². The van der Waals surface area contributed by atoms with E-state index in [0.29, 0.717) is 0 Å². The predicted molar refractivity (Wildman–Crippen MR) is 200 cm³/mol. The lowest BCUT2D eigenvalue weighted by molar-refractivity contribution is 1.69. The molecule has 0 saturated heterocycles. The molecule has 0 atom stereocenters. The Hall–Kier alpha value is -5.98. The van der Waals surface area contributed by atoms with Gasteiger partial charge in [0.25, 0.3) is 0 Å². The largest absolute Gasteiger partial charge is 0.0622 e. The van der Waals surface area contributed by atoms with Gasteiger partial charge in [-0.15, -0.1) is 0 Å². The topological polar surface area (TPSA) is 0 Å². The zero-order chi connectivity index (χ0) is 29.9. The van der Waals surface area contributed by atoms with Gasteiger partial charge in [-0.25, -0.2) is 0 Å². The van der Waals surface area contributed by atoms with Crippen molar-refractivity contribution in [2.75, 3.05) is 0 Å². The lowest BCUT2D eigenvalue weighted by Crippen LogP contribution is -1.92. The van der Waals surface area contributed by atoms with Crippen molar-refractivity contribution in [3.8, 4) is 22.3 Å². The first-order valence-corrected chi connectivity index (χ1v) is 16.1. The Kier molecular flexibility index (Phi) is 4.66. The van der Waals surface area contributed by atoms with Crippen LogP contribution >= 0.6 is 0 Å². The first-order valence-electron chi connectivity index (χ1n) is 16.1. The fraction of sp³-hybridized carbons (Fsp3) is 0. The van der Waals surface area contributed by atoms with Gasteiger partial charge < -0.3 is 0 Å². The molecule has 0 heterocycles. The highest BCUT2D eigenvalue weighted by molar-refractivity contribution is 6.45. The molecular weight excluding hydrogens is 553 g/mol. The summed E-state index contributed by atoms with van der Waals surface area (Å²) in [5.74, 6) is 0. The highest BCUT2D eigenvalue weighted by Crippen LogP contribution is 2.55. The van der Waals surface area contributed by atoms with Crippen LogP contribution in [0.3, 0.4) is 0 Å². The highest BCUT2D eigenvalue weighted by Gasteiger charge is 2.26. The Morgan fingerprint density at radius 1 is 0.239 bits per heavy atom. The molecule has 0 radical (unpaired) electrons. The van der Waals surface area contributed by atoms with Crippen LogP contribution in [0.1, 0.15) is 0 Å². The van der Waals surface area contributed by atoms with E-state index in [1.54, 1.807) is 0 Å². The molecule has 0 saturated carbocycles. The van der Waals surface area contributed by atoms with E-state index >= 15 is 0 Å². The van der Waals surface area contributed by atoms with Gasteiger partial charge in [-0.1, -0.05) is 152 Å². The molecule has 11 rings (SSSR count). The number of hydrogen-bond acceptors (Lipinski definition) is 0. The zero-order valence-corrected chi connectivity index (χ0v) is 25.0. The predicted octanol–water partition coefficient (Wildman–Crippen LogP) is 13.1. The van der Waals surface area contributed by atoms with Crippen LogP contribution in [-0.4, -0.2) is 0 Å². The highest BCUT2D eigenvalue weighted by atomic mass is 14.3. The van der Waals surface area contributed by atoms with Gasteiger partial charge in [0.1, 0.15) is 0 Å². The molecule has 0 heteroatoms. The average Bonchev–Trinajstić information content (AvgIpc) is 3.62. The van der Waals surface area contributed by atoms with Gasteiger partial charge in [-0.3, -0.25) is 0 Å². The third-order valence-corrected chi connectivity index (χ3v) is 10.5. The molecule has 11 aromatic rings. The van der Waals surface area contributed by atoms with Crippen molar-refractivity contribution in [2.24, 2.45) is 0 Å². The normalized spacial score (nSPS) is 12.3. The van der Waals surface area contributed by atoms with Gasteiger partial charge in [-0.2, -0.15) is 0 Å². The van der Waals surface area contributed by atoms with Gasteiger partial charge >= 0.3 is 0 Å². The van der Waals surface area contributed by atoms with Crippen LogP contribution in [0, 0.1) is 0 Å². The minimum Gasteiger partial charge on any atom is -0.0622 e. The molecule has 46 heavy (non-hydrogen) atoms. The Balaban J connectivity index is 1.54. The van der Waals surface area contributed by atoms with E-state index in [0.717, 1.165) is 0 Å². The van der Waals surface area contributed by atoms with Crippen LogP contribution in [-0.2, 0) is 0 Å².